The van der Waals surface area contributed by atoms with Gasteiger partial charge in [-0.1, -0.05) is 18.2 Å². The third-order valence-electron chi connectivity index (χ3n) is 2.22. The van der Waals surface area contributed by atoms with Crippen LogP contribution in [0, 0.1) is 0 Å². The molecule has 0 bridgehead atoms. The molecule has 0 saturated heterocycles. The highest BCUT2D eigenvalue weighted by Crippen LogP contribution is 2.24. The van der Waals surface area contributed by atoms with E-state index in [0.29, 0.717) is 0 Å². The number of rotatable bonds is 1. The molecule has 1 aliphatic heterocycles. The molecule has 3 N–H and O–H groups in total. The Morgan fingerprint density at radius 1 is 1.38 bits per heavy atom. The van der Waals surface area contributed by atoms with Crippen LogP contribution in [0.1, 0.15) is 5.56 Å². The first-order valence-electron chi connectivity index (χ1n) is 4.31. The topological polar surface area (TPSA) is 41.3 Å². The molecule has 0 saturated carbocycles. The van der Waals surface area contributed by atoms with Gasteiger partial charge in [0.05, 0.1) is 5.70 Å². The lowest BCUT2D eigenvalue weighted by Crippen LogP contribution is -2.26. The van der Waals surface area contributed by atoms with E-state index in [9.17, 15) is 0 Å². The summed E-state index contributed by atoms with van der Waals surface area (Å²) < 4.78 is 0. The Kier molecular flexibility index (Phi) is 1.94. The number of nitrogens with zero attached hydrogens (tertiary/aromatic N) is 1. The summed E-state index contributed by atoms with van der Waals surface area (Å²) in [5, 5.41) is 1.99. The zero-order valence-electron chi connectivity index (χ0n) is 7.62. The van der Waals surface area contributed by atoms with Gasteiger partial charge >= 0.3 is 0 Å². The first-order chi connectivity index (χ1) is 6.29. The van der Waals surface area contributed by atoms with Crippen LogP contribution < -0.4 is 11.2 Å². The monoisotopic (exact) mass is 175 g/mol. The van der Waals surface area contributed by atoms with E-state index < -0.39 is 0 Å². The lowest BCUT2D eigenvalue weighted by atomic mass is 10.1. The highest BCUT2D eigenvalue weighted by atomic mass is 15.5. The second kappa shape index (κ2) is 3.11. The van der Waals surface area contributed by atoms with Crippen LogP contribution >= 0.6 is 0 Å². The number of hydrogen-bond donors (Lipinski definition) is 2. The molecule has 3 heteroatoms. The Labute approximate surface area is 77.8 Å². The normalized spacial score (nSPS) is 16.1. The third kappa shape index (κ3) is 1.38. The molecule has 0 amide bonds. The standard InChI is InChI=1S/C10H13N3/c1-13-10(6-7-12-13)8-4-2-3-5-9(8)11/h2-6,12H,7,11H2,1H3. The molecule has 0 spiro atoms. The minimum Gasteiger partial charge on any atom is -0.398 e. The van der Waals surface area contributed by atoms with Crippen LogP contribution in [0.2, 0.25) is 0 Å². The van der Waals surface area contributed by atoms with Gasteiger partial charge in [0.1, 0.15) is 0 Å². The van der Waals surface area contributed by atoms with Gasteiger partial charge in [0, 0.05) is 24.8 Å². The molecule has 68 valence electrons. The first kappa shape index (κ1) is 8.13. The Hall–Kier alpha value is -1.48. The fourth-order valence-corrected chi connectivity index (χ4v) is 1.52. The van der Waals surface area contributed by atoms with Gasteiger partial charge in [0.15, 0.2) is 0 Å². The van der Waals surface area contributed by atoms with Crippen LogP contribution in [0.5, 0.6) is 0 Å². The maximum atomic E-state index is 5.87. The number of nitrogen functional groups attached to an aromatic ring is 1. The molecule has 1 aromatic carbocycles. The lowest BCUT2D eigenvalue weighted by Gasteiger charge is -2.17. The predicted octanol–water partition coefficient (Wildman–Crippen LogP) is 1.06. The molecule has 0 fully saturated rings. The van der Waals surface area contributed by atoms with Gasteiger partial charge in [-0.3, -0.25) is 0 Å². The Balaban J connectivity index is 2.40. The van der Waals surface area contributed by atoms with Crippen molar-refractivity contribution in [1.82, 2.24) is 10.4 Å². The van der Waals surface area contributed by atoms with Gasteiger partial charge in [-0.05, 0) is 12.1 Å². The average Bonchev–Trinajstić information content (AvgIpc) is 2.52. The molecular weight excluding hydrogens is 162 g/mol. The molecule has 3 nitrogen and oxygen atoms in total. The van der Waals surface area contributed by atoms with Crippen molar-refractivity contribution in [3.63, 3.8) is 0 Å². The van der Waals surface area contributed by atoms with Crippen LogP contribution in [-0.2, 0) is 0 Å². The van der Waals surface area contributed by atoms with Crippen LogP contribution in [0.4, 0.5) is 5.69 Å². The smallest absolute Gasteiger partial charge is 0.0583 e. The van der Waals surface area contributed by atoms with Crippen molar-refractivity contribution in [2.24, 2.45) is 0 Å². The summed E-state index contributed by atoms with van der Waals surface area (Å²) in [5.74, 6) is 0. The second-order valence-corrected chi connectivity index (χ2v) is 3.10. The predicted molar refractivity (Wildman–Crippen MR) is 54.6 cm³/mol. The van der Waals surface area contributed by atoms with Crippen LogP contribution in [-0.4, -0.2) is 18.6 Å². The molecule has 0 radical (unpaired) electrons. The molecule has 1 aliphatic rings. The van der Waals surface area contributed by atoms with Crippen molar-refractivity contribution in [3.8, 4) is 0 Å². The summed E-state index contributed by atoms with van der Waals surface area (Å²) in [4.78, 5) is 0. The average molecular weight is 175 g/mol. The van der Waals surface area contributed by atoms with Crippen LogP contribution in [0.25, 0.3) is 5.70 Å². The second-order valence-electron chi connectivity index (χ2n) is 3.10. The number of benzene rings is 1. The van der Waals surface area contributed by atoms with E-state index in [0.717, 1.165) is 23.5 Å². The number of nitrogens with two attached hydrogens (primary N) is 1. The third-order valence-corrected chi connectivity index (χ3v) is 2.22. The molecular formula is C10H13N3. The van der Waals surface area contributed by atoms with E-state index in [1.807, 2.05) is 36.3 Å². The Morgan fingerprint density at radius 2 is 2.15 bits per heavy atom. The molecule has 2 rings (SSSR count). The summed E-state index contributed by atoms with van der Waals surface area (Å²) in [6.07, 6.45) is 2.13. The first-order valence-corrected chi connectivity index (χ1v) is 4.31. The quantitative estimate of drug-likeness (QED) is 0.627. The van der Waals surface area contributed by atoms with E-state index >= 15 is 0 Å². The number of hydrazine groups is 1. The van der Waals surface area contributed by atoms with Crippen molar-refractivity contribution in [3.05, 3.63) is 35.9 Å². The largest absolute Gasteiger partial charge is 0.398 e. The van der Waals surface area contributed by atoms with Crippen LogP contribution in [0.3, 0.4) is 0 Å². The van der Waals surface area contributed by atoms with Gasteiger partial charge in [-0.2, -0.15) is 0 Å². The van der Waals surface area contributed by atoms with Crippen molar-refractivity contribution < 1.29 is 0 Å². The number of nitrogens with one attached hydrogen (secondary N) is 1. The van der Waals surface area contributed by atoms with Crippen molar-refractivity contribution in [2.45, 2.75) is 0 Å². The van der Waals surface area contributed by atoms with E-state index in [-0.39, 0.29) is 0 Å². The van der Waals surface area contributed by atoms with E-state index in [1.54, 1.807) is 0 Å². The maximum Gasteiger partial charge on any atom is 0.0583 e. The molecule has 1 heterocycles. The van der Waals surface area contributed by atoms with Crippen molar-refractivity contribution in [1.29, 1.82) is 0 Å². The van der Waals surface area contributed by atoms with E-state index in [2.05, 4.69) is 11.5 Å². The molecule has 13 heavy (non-hydrogen) atoms. The van der Waals surface area contributed by atoms with Gasteiger partial charge in [0.2, 0.25) is 0 Å². The summed E-state index contributed by atoms with van der Waals surface area (Å²) in [7, 11) is 1.99. The van der Waals surface area contributed by atoms with Gasteiger partial charge < -0.3 is 10.7 Å². The zero-order valence-corrected chi connectivity index (χ0v) is 7.62. The SMILES string of the molecule is CN1NCC=C1c1ccccc1N. The summed E-state index contributed by atoms with van der Waals surface area (Å²) >= 11 is 0. The number of para-hydroxylation sites is 1. The Morgan fingerprint density at radius 3 is 2.77 bits per heavy atom. The Bertz CT molecular complexity index is 344. The minimum atomic E-state index is 0.823. The summed E-state index contributed by atoms with van der Waals surface area (Å²) in [6, 6.07) is 7.90. The van der Waals surface area contributed by atoms with E-state index in [4.69, 9.17) is 5.73 Å². The van der Waals surface area contributed by atoms with Gasteiger partial charge in [0.25, 0.3) is 0 Å². The van der Waals surface area contributed by atoms with Crippen LogP contribution in [0.15, 0.2) is 30.3 Å². The fourth-order valence-electron chi connectivity index (χ4n) is 1.52. The van der Waals surface area contributed by atoms with Gasteiger partial charge in [-0.25, -0.2) is 5.43 Å². The molecule has 0 aromatic heterocycles. The summed E-state index contributed by atoms with van der Waals surface area (Å²) in [5.41, 5.74) is 12.1. The van der Waals surface area contributed by atoms with Gasteiger partial charge in [-0.15, -0.1) is 0 Å². The number of hydrogen-bond acceptors (Lipinski definition) is 3. The zero-order chi connectivity index (χ0) is 9.26. The molecule has 0 unspecified atom stereocenters. The fraction of sp³-hybridized carbons (Fsp3) is 0.200. The molecule has 0 aliphatic carbocycles. The van der Waals surface area contributed by atoms with Crippen molar-refractivity contribution >= 4 is 11.4 Å². The molecule has 0 atom stereocenters. The number of anilines is 1. The summed E-state index contributed by atoms with van der Waals surface area (Å²) in [6.45, 7) is 0.875. The van der Waals surface area contributed by atoms with Crippen molar-refractivity contribution in [2.75, 3.05) is 19.3 Å². The maximum absolute atomic E-state index is 5.87. The highest BCUT2D eigenvalue weighted by Gasteiger charge is 2.13. The molecule has 1 aromatic rings. The lowest BCUT2D eigenvalue weighted by molar-refractivity contribution is 0.392. The minimum absolute atomic E-state index is 0.823. The highest BCUT2D eigenvalue weighted by molar-refractivity contribution is 5.74. The van der Waals surface area contributed by atoms with E-state index in [1.165, 1.54) is 0 Å².